The molecule has 0 saturated carbocycles. The van der Waals surface area contributed by atoms with Crippen LogP contribution in [0.1, 0.15) is 39.0 Å². The van der Waals surface area contributed by atoms with Gasteiger partial charge < -0.3 is 18.1 Å². The van der Waals surface area contributed by atoms with Gasteiger partial charge in [0.05, 0.1) is 12.5 Å². The van der Waals surface area contributed by atoms with E-state index >= 15 is 0 Å². The van der Waals surface area contributed by atoms with E-state index in [-0.39, 0.29) is 12.4 Å². The Bertz CT molecular complexity index is 1190. The third-order valence-corrected chi connectivity index (χ3v) is 4.88. The van der Waals surface area contributed by atoms with E-state index < -0.39 is 5.91 Å². The monoisotopic (exact) mass is 417 g/mol. The van der Waals surface area contributed by atoms with E-state index in [0.29, 0.717) is 17.3 Å². The van der Waals surface area contributed by atoms with Gasteiger partial charge in [0.2, 0.25) is 0 Å². The molecule has 0 unspecified atom stereocenters. The number of furan rings is 2. The first-order valence-corrected chi connectivity index (χ1v) is 9.85. The number of amides is 1. The lowest BCUT2D eigenvalue weighted by Crippen LogP contribution is -2.16. The molecule has 0 spiro atoms. The maximum Gasteiger partial charge on any atom is 0.307 e. The first kappa shape index (κ1) is 20.3. The molecule has 0 saturated heterocycles. The maximum atomic E-state index is 12.2. The number of aromatic nitrogens is 1. The van der Waals surface area contributed by atoms with Gasteiger partial charge in [0.25, 0.3) is 0 Å². The topological polar surface area (TPSA) is 81.9 Å². The Morgan fingerprint density at radius 2 is 1.77 bits per heavy atom. The van der Waals surface area contributed by atoms with Crippen LogP contribution in [-0.4, -0.2) is 16.7 Å². The van der Waals surface area contributed by atoms with E-state index in [1.807, 2.05) is 37.3 Å². The molecule has 3 aromatic heterocycles. The summed E-state index contributed by atoms with van der Waals surface area (Å²) >= 11 is 0. The molecule has 4 rings (SSSR count). The van der Waals surface area contributed by atoms with E-state index in [1.165, 1.54) is 17.6 Å². The largest absolute Gasteiger partial charge is 0.486 e. The Labute approximate surface area is 179 Å². The molecular formula is C24H23N3O4. The second-order valence-electron chi connectivity index (χ2n) is 7.17. The van der Waals surface area contributed by atoms with Crippen LogP contribution < -0.4 is 10.2 Å². The van der Waals surface area contributed by atoms with E-state index in [9.17, 15) is 4.79 Å². The number of carbonyl (C=O) groups is 1. The summed E-state index contributed by atoms with van der Waals surface area (Å²) in [5.41, 5.74) is 6.78. The molecule has 0 atom stereocenters. The summed E-state index contributed by atoms with van der Waals surface area (Å²) in [5.74, 6) is 1.54. The van der Waals surface area contributed by atoms with Gasteiger partial charge >= 0.3 is 5.91 Å². The minimum atomic E-state index is -0.450. The zero-order chi connectivity index (χ0) is 21.8. The van der Waals surface area contributed by atoms with Crippen molar-refractivity contribution >= 4 is 12.1 Å². The van der Waals surface area contributed by atoms with Crippen molar-refractivity contribution in [2.24, 2.45) is 5.10 Å². The predicted octanol–water partition coefficient (Wildman–Crippen LogP) is 4.93. The Hall–Kier alpha value is -4.00. The number of hydrogen-bond acceptors (Lipinski definition) is 5. The van der Waals surface area contributed by atoms with Crippen molar-refractivity contribution in [2.45, 2.75) is 27.4 Å². The van der Waals surface area contributed by atoms with Crippen LogP contribution in [0.2, 0.25) is 0 Å². The SMILES string of the molecule is Cc1ccoc1C=NNC(=O)c1ccc(COc2ccc(-n3c(C)ccc3C)cc2)o1. The van der Waals surface area contributed by atoms with Gasteiger partial charge in [-0.15, -0.1) is 0 Å². The number of carbonyl (C=O) groups excluding carboxylic acids is 1. The summed E-state index contributed by atoms with van der Waals surface area (Å²) in [6.07, 6.45) is 3.01. The number of hydrogen-bond donors (Lipinski definition) is 1. The number of nitrogens with zero attached hydrogens (tertiary/aromatic N) is 2. The third kappa shape index (κ3) is 4.61. The van der Waals surface area contributed by atoms with Crippen molar-refractivity contribution in [1.82, 2.24) is 9.99 Å². The van der Waals surface area contributed by atoms with Gasteiger partial charge in [-0.05, 0) is 80.9 Å². The number of benzene rings is 1. The average Bonchev–Trinajstić information content (AvgIpc) is 3.48. The molecule has 1 aromatic carbocycles. The smallest absolute Gasteiger partial charge is 0.307 e. The molecule has 0 aliphatic carbocycles. The Balaban J connectivity index is 1.32. The van der Waals surface area contributed by atoms with Crippen molar-refractivity contribution in [3.05, 3.63) is 95.1 Å². The van der Waals surface area contributed by atoms with Gasteiger partial charge in [-0.25, -0.2) is 5.43 Å². The van der Waals surface area contributed by atoms with Crippen molar-refractivity contribution < 1.29 is 18.4 Å². The molecule has 0 bridgehead atoms. The van der Waals surface area contributed by atoms with Gasteiger partial charge in [-0.2, -0.15) is 5.10 Å². The fourth-order valence-electron chi connectivity index (χ4n) is 3.22. The molecule has 158 valence electrons. The lowest BCUT2D eigenvalue weighted by molar-refractivity contribution is 0.0923. The molecule has 31 heavy (non-hydrogen) atoms. The van der Waals surface area contributed by atoms with Crippen molar-refractivity contribution in [3.8, 4) is 11.4 Å². The second kappa shape index (κ2) is 8.79. The summed E-state index contributed by atoms with van der Waals surface area (Å²) < 4.78 is 18.7. The number of ether oxygens (including phenoxy) is 1. The fraction of sp³-hybridized carbons (Fsp3) is 0.167. The normalized spacial score (nSPS) is 11.2. The van der Waals surface area contributed by atoms with Gasteiger partial charge in [0.1, 0.15) is 23.9 Å². The molecule has 7 nitrogen and oxygen atoms in total. The van der Waals surface area contributed by atoms with E-state index in [0.717, 1.165) is 11.3 Å². The summed E-state index contributed by atoms with van der Waals surface area (Å²) in [7, 11) is 0. The molecule has 3 heterocycles. The summed E-state index contributed by atoms with van der Waals surface area (Å²) in [6, 6.07) is 17.1. The van der Waals surface area contributed by atoms with Crippen LogP contribution in [-0.2, 0) is 6.61 Å². The lowest BCUT2D eigenvalue weighted by atomic mass is 10.3. The summed E-state index contributed by atoms with van der Waals surface area (Å²) in [4.78, 5) is 12.2. The van der Waals surface area contributed by atoms with Gasteiger partial charge in [-0.3, -0.25) is 4.79 Å². The predicted molar refractivity (Wildman–Crippen MR) is 117 cm³/mol. The highest BCUT2D eigenvalue weighted by Crippen LogP contribution is 2.21. The molecule has 1 amide bonds. The highest BCUT2D eigenvalue weighted by atomic mass is 16.5. The van der Waals surface area contributed by atoms with Crippen molar-refractivity contribution in [3.63, 3.8) is 0 Å². The van der Waals surface area contributed by atoms with Crippen LogP contribution in [0.4, 0.5) is 0 Å². The molecule has 7 heteroatoms. The van der Waals surface area contributed by atoms with E-state index in [4.69, 9.17) is 13.6 Å². The zero-order valence-corrected chi connectivity index (χ0v) is 17.6. The first-order valence-electron chi connectivity index (χ1n) is 9.85. The fourth-order valence-corrected chi connectivity index (χ4v) is 3.22. The summed E-state index contributed by atoms with van der Waals surface area (Å²) in [6.45, 7) is 6.25. The number of nitrogens with one attached hydrogen (secondary N) is 1. The van der Waals surface area contributed by atoms with Crippen LogP contribution in [0.15, 0.2) is 74.8 Å². The standard InChI is InChI=1S/C24H23N3O4/c1-16-12-13-29-23(16)14-25-26-24(28)22-11-10-21(31-22)15-30-20-8-6-19(7-9-20)27-17(2)4-5-18(27)3/h4-14H,15H2,1-3H3,(H,26,28). The van der Waals surface area contributed by atoms with Crippen LogP contribution in [0.25, 0.3) is 5.69 Å². The Morgan fingerprint density at radius 3 is 2.45 bits per heavy atom. The second-order valence-corrected chi connectivity index (χ2v) is 7.17. The summed E-state index contributed by atoms with van der Waals surface area (Å²) in [5, 5.41) is 3.88. The van der Waals surface area contributed by atoms with Gasteiger partial charge in [-0.1, -0.05) is 0 Å². The number of hydrazone groups is 1. The van der Waals surface area contributed by atoms with Crippen molar-refractivity contribution in [1.29, 1.82) is 0 Å². The quantitative estimate of drug-likeness (QED) is 0.341. The molecule has 0 aliphatic rings. The van der Waals surface area contributed by atoms with E-state index in [1.54, 1.807) is 18.4 Å². The maximum absolute atomic E-state index is 12.2. The minimum absolute atomic E-state index is 0.154. The third-order valence-electron chi connectivity index (χ3n) is 4.88. The molecule has 1 N–H and O–H groups in total. The zero-order valence-electron chi connectivity index (χ0n) is 17.6. The molecular weight excluding hydrogens is 394 g/mol. The van der Waals surface area contributed by atoms with Crippen LogP contribution in [0, 0.1) is 20.8 Å². The minimum Gasteiger partial charge on any atom is -0.486 e. The first-order chi connectivity index (χ1) is 15.0. The molecule has 4 aromatic rings. The van der Waals surface area contributed by atoms with E-state index in [2.05, 4.69) is 41.1 Å². The molecule has 0 aliphatic heterocycles. The molecule has 0 radical (unpaired) electrons. The highest BCUT2D eigenvalue weighted by molar-refractivity contribution is 5.92. The number of rotatable bonds is 7. The van der Waals surface area contributed by atoms with Crippen LogP contribution in [0.3, 0.4) is 0 Å². The Morgan fingerprint density at radius 1 is 1.03 bits per heavy atom. The van der Waals surface area contributed by atoms with Gasteiger partial charge in [0, 0.05) is 17.1 Å². The van der Waals surface area contributed by atoms with Gasteiger partial charge in [0.15, 0.2) is 5.76 Å². The van der Waals surface area contributed by atoms with Crippen LogP contribution in [0.5, 0.6) is 5.75 Å². The molecule has 0 fully saturated rings. The van der Waals surface area contributed by atoms with Crippen LogP contribution >= 0.6 is 0 Å². The highest BCUT2D eigenvalue weighted by Gasteiger charge is 2.11. The lowest BCUT2D eigenvalue weighted by Gasteiger charge is -2.10. The Kier molecular flexibility index (Phi) is 5.75. The van der Waals surface area contributed by atoms with Crippen molar-refractivity contribution in [2.75, 3.05) is 0 Å². The average molecular weight is 417 g/mol. The number of aryl methyl sites for hydroxylation is 3.